The maximum absolute atomic E-state index is 10.3. The third-order valence-electron chi connectivity index (χ3n) is 0.596. The molecular weight excluding hydrogens is 184 g/mol. The van der Waals surface area contributed by atoms with Crippen molar-refractivity contribution >= 4 is 0 Å². The van der Waals surface area contributed by atoms with Crippen molar-refractivity contribution in [2.24, 2.45) is 0 Å². The van der Waals surface area contributed by atoms with E-state index in [0.29, 0.717) is 0 Å². The molecule has 82 valence electrons. The van der Waals surface area contributed by atoms with Crippen LogP contribution in [-0.4, -0.2) is 44.3 Å². The predicted octanol–water partition coefficient (Wildman–Crippen LogP) is 1.18. The van der Waals surface area contributed by atoms with Gasteiger partial charge in [0, 0.05) is 0 Å². The number of hydrogen-bond acceptors (Lipinski definition) is 4. The van der Waals surface area contributed by atoms with E-state index in [0.717, 1.165) is 0 Å². The van der Waals surface area contributed by atoms with Crippen LogP contribution in [0.2, 0.25) is 0 Å². The second-order valence-corrected chi connectivity index (χ2v) is 2.73. The average Bonchev–Trinajstić information content (AvgIpc) is 2.10. The van der Waals surface area contributed by atoms with Crippen LogP contribution < -0.4 is 0 Å². The zero-order chi connectivity index (χ0) is 11.4. The van der Waals surface area contributed by atoms with E-state index in [2.05, 4.69) is 22.8 Å². The molecule has 5 heteroatoms. The van der Waals surface area contributed by atoms with Crippen LogP contribution in [0.15, 0.2) is 25.3 Å². The molecule has 0 aromatic carbocycles. The van der Waals surface area contributed by atoms with Crippen molar-refractivity contribution in [3.63, 3.8) is 0 Å². The van der Waals surface area contributed by atoms with Gasteiger partial charge in [0.2, 0.25) is 0 Å². The van der Waals surface area contributed by atoms with Crippen molar-refractivity contribution in [2.45, 2.75) is 0 Å². The molecule has 0 rings (SSSR count). The highest BCUT2D eigenvalue weighted by Crippen LogP contribution is 1.81. The minimum atomic E-state index is 0.0311. The summed E-state index contributed by atoms with van der Waals surface area (Å²) in [6, 6.07) is 0. The van der Waals surface area contributed by atoms with Crippen LogP contribution in [0.25, 0.3) is 0 Å². The molecule has 0 aromatic heterocycles. The molecule has 0 unspecified atom stereocenters. The molecule has 0 aliphatic rings. The number of nitrogens with zero attached hydrogens (tertiary/aromatic N) is 2. The Bertz CT molecular complexity index is 153. The Morgan fingerprint density at radius 1 is 1.14 bits per heavy atom. The third kappa shape index (κ3) is 22.4. The summed E-state index contributed by atoms with van der Waals surface area (Å²) >= 11 is 0. The van der Waals surface area contributed by atoms with Crippen LogP contribution in [0.3, 0.4) is 0 Å². The Morgan fingerprint density at radius 2 is 1.43 bits per heavy atom. The monoisotopic (exact) mass is 203 g/mol. The first-order chi connectivity index (χ1) is 6.54. The maximum Gasteiger partial charge on any atom is 0.478 e. The second-order valence-electron chi connectivity index (χ2n) is 2.73. The zero-order valence-electron chi connectivity index (χ0n) is 9.10. The first kappa shape index (κ1) is 15.1. The molecule has 0 heterocycles. The van der Waals surface area contributed by atoms with Crippen molar-refractivity contribution in [3.05, 3.63) is 30.2 Å². The van der Waals surface area contributed by atoms with Gasteiger partial charge in [-0.05, 0) is 33.3 Å². The summed E-state index contributed by atoms with van der Waals surface area (Å²) < 4.78 is 0. The lowest BCUT2D eigenvalue weighted by atomic mass is 10.7. The van der Waals surface area contributed by atoms with Crippen LogP contribution in [0, 0.1) is 4.91 Å². The summed E-state index contributed by atoms with van der Waals surface area (Å²) in [7, 11) is 6.00. The van der Waals surface area contributed by atoms with E-state index in [-0.39, 0.29) is 18.3 Å². The minimum absolute atomic E-state index is 0.0311. The summed E-state index contributed by atoms with van der Waals surface area (Å²) in [5, 5.41) is 0.0311. The fourth-order valence-corrected chi connectivity index (χ4v) is 0.264. The lowest BCUT2D eigenvalue weighted by Crippen LogP contribution is -2.10. The molecule has 0 spiro atoms. The molecule has 0 bridgehead atoms. The van der Waals surface area contributed by atoms with Crippen LogP contribution in [-0.2, 0) is 9.68 Å². The van der Waals surface area contributed by atoms with Crippen LogP contribution in [0.4, 0.5) is 0 Å². The van der Waals surface area contributed by atoms with Crippen molar-refractivity contribution in [2.75, 3.05) is 34.4 Å². The molecule has 0 fully saturated rings. The van der Waals surface area contributed by atoms with Gasteiger partial charge in [0.05, 0.1) is 0 Å². The fraction of sp³-hybridized carbons (Fsp3) is 0.556. The van der Waals surface area contributed by atoms with E-state index in [1.54, 1.807) is 0 Å². The second kappa shape index (κ2) is 11.6. The Balaban J connectivity index is 0. The van der Waals surface area contributed by atoms with Gasteiger partial charge in [-0.2, -0.15) is 9.68 Å². The fourth-order valence-electron chi connectivity index (χ4n) is 0.264. The topological polar surface area (TPSA) is 41.8 Å². The average molecular weight is 203 g/mol. The number of rotatable bonds is 6. The van der Waals surface area contributed by atoms with Gasteiger partial charge >= 0.3 is 5.09 Å². The van der Waals surface area contributed by atoms with Gasteiger partial charge in [-0.3, -0.25) is 0 Å². The van der Waals surface area contributed by atoms with Gasteiger partial charge in [0.1, 0.15) is 4.91 Å². The van der Waals surface area contributed by atoms with Gasteiger partial charge in [-0.15, -0.1) is 0 Å². The van der Waals surface area contributed by atoms with E-state index in [9.17, 15) is 4.91 Å². The van der Waals surface area contributed by atoms with E-state index < -0.39 is 0 Å². The lowest BCUT2D eigenvalue weighted by molar-refractivity contribution is -0.978. The Kier molecular flexibility index (Phi) is 12.6. The van der Waals surface area contributed by atoms with Crippen LogP contribution >= 0.6 is 0 Å². The van der Waals surface area contributed by atoms with E-state index in [1.807, 2.05) is 26.0 Å². The molecule has 0 saturated carbocycles. The quantitative estimate of drug-likeness (QED) is 0.480. The summed E-state index contributed by atoms with van der Waals surface area (Å²) in [6.45, 7) is 6.97. The summed E-state index contributed by atoms with van der Waals surface area (Å²) in [5.74, 6) is 0. The van der Waals surface area contributed by atoms with Gasteiger partial charge in [-0.25, -0.2) is 0 Å². The van der Waals surface area contributed by atoms with E-state index in [4.69, 9.17) is 0 Å². The molecule has 0 saturated heterocycles. The van der Waals surface area contributed by atoms with Crippen LogP contribution in [0.1, 0.15) is 0 Å². The van der Waals surface area contributed by atoms with Crippen LogP contribution in [0.5, 0.6) is 0 Å². The van der Waals surface area contributed by atoms with E-state index in [1.165, 1.54) is 12.2 Å². The molecule has 0 aromatic rings. The van der Waals surface area contributed by atoms with Crippen molar-refractivity contribution in [3.8, 4) is 0 Å². The van der Waals surface area contributed by atoms with Gasteiger partial charge < -0.3 is 4.90 Å². The molecule has 5 nitrogen and oxygen atoms in total. The van der Waals surface area contributed by atoms with Crippen molar-refractivity contribution < 1.29 is 14.8 Å². The zero-order valence-corrected chi connectivity index (χ0v) is 9.10. The SMILES string of the molecule is C=CCO[N+](=O)OCC=C.CN(C)C. The molecule has 0 radical (unpaired) electrons. The highest BCUT2D eigenvalue weighted by atomic mass is 17.0. The van der Waals surface area contributed by atoms with Crippen molar-refractivity contribution in [1.82, 2.24) is 4.90 Å². The molecule has 0 N–H and O–H groups in total. The largest absolute Gasteiger partial charge is 0.478 e. The standard InChI is InChI=1S/C6H10NO3.C3H9N/c1-3-5-9-7(8)10-6-4-2;1-4(2)3/h3-4H,1-2,5-6H2;1-3H3/q+1;. The maximum atomic E-state index is 10.3. The summed E-state index contributed by atoms with van der Waals surface area (Å²) in [6.07, 6.45) is 2.89. The van der Waals surface area contributed by atoms with Gasteiger partial charge in [-0.1, -0.05) is 13.2 Å². The summed E-state index contributed by atoms with van der Waals surface area (Å²) in [5.41, 5.74) is 0. The molecular formula is C9H19N2O3+. The predicted molar refractivity (Wildman–Crippen MR) is 55.5 cm³/mol. The normalized spacial score (nSPS) is 8.29. The molecule has 0 aliphatic carbocycles. The van der Waals surface area contributed by atoms with Gasteiger partial charge in [0.15, 0.2) is 13.2 Å². The molecule has 14 heavy (non-hydrogen) atoms. The van der Waals surface area contributed by atoms with Gasteiger partial charge in [0.25, 0.3) is 0 Å². The Hall–Kier alpha value is -1.36. The Labute approximate surface area is 85.1 Å². The third-order valence-corrected chi connectivity index (χ3v) is 0.596. The highest BCUT2D eigenvalue weighted by molar-refractivity contribution is 4.62. The first-order valence-corrected chi connectivity index (χ1v) is 4.10. The van der Waals surface area contributed by atoms with E-state index >= 15 is 0 Å². The first-order valence-electron chi connectivity index (χ1n) is 4.10. The number of hydrogen-bond donors (Lipinski definition) is 0. The molecule has 0 atom stereocenters. The molecule has 0 amide bonds. The van der Waals surface area contributed by atoms with Crippen molar-refractivity contribution in [1.29, 1.82) is 0 Å². The highest BCUT2D eigenvalue weighted by Gasteiger charge is 2.07. The minimum Gasteiger partial charge on any atom is -0.312 e. The molecule has 0 aliphatic heterocycles. The summed E-state index contributed by atoms with van der Waals surface area (Å²) in [4.78, 5) is 21.1. The Morgan fingerprint density at radius 3 is 1.64 bits per heavy atom. The smallest absolute Gasteiger partial charge is 0.312 e. The lowest BCUT2D eigenvalue weighted by Gasteiger charge is -1.90.